The molecule has 0 amide bonds. The number of hydrogen-bond donors (Lipinski definition) is 1. The fourth-order valence-corrected chi connectivity index (χ4v) is 1.68. The van der Waals surface area contributed by atoms with Gasteiger partial charge < -0.3 is 14.5 Å². The van der Waals surface area contributed by atoms with Crippen LogP contribution >= 0.6 is 11.6 Å². The zero-order valence-electron chi connectivity index (χ0n) is 10.3. The molecule has 1 rings (SSSR count). The van der Waals surface area contributed by atoms with Gasteiger partial charge in [0, 0.05) is 13.7 Å². The summed E-state index contributed by atoms with van der Waals surface area (Å²) in [6.07, 6.45) is 0.179. The molecule has 1 heterocycles. The maximum Gasteiger partial charge on any atom is 0.193 e. The lowest BCUT2D eigenvalue weighted by Crippen LogP contribution is -2.37. The van der Waals surface area contributed by atoms with E-state index in [1.54, 1.807) is 13.2 Å². The second-order valence-corrected chi connectivity index (χ2v) is 5.30. The second kappa shape index (κ2) is 5.71. The van der Waals surface area contributed by atoms with Crippen LogP contribution in [0.1, 0.15) is 26.5 Å². The summed E-state index contributed by atoms with van der Waals surface area (Å²) in [5.74, 6) is 0.841. The van der Waals surface area contributed by atoms with Gasteiger partial charge in [-0.05, 0) is 29.1 Å². The molecule has 1 aromatic heterocycles. The van der Waals surface area contributed by atoms with Crippen LogP contribution in [0.15, 0.2) is 16.5 Å². The first kappa shape index (κ1) is 13.6. The normalized spacial score (nSPS) is 14.1. The number of rotatable bonds is 5. The first-order valence-corrected chi connectivity index (χ1v) is 5.79. The molecule has 0 aliphatic heterocycles. The van der Waals surface area contributed by atoms with Gasteiger partial charge in [-0.15, -0.1) is 0 Å². The van der Waals surface area contributed by atoms with Crippen LogP contribution in [-0.4, -0.2) is 19.8 Å². The molecule has 16 heavy (non-hydrogen) atoms. The minimum atomic E-state index is 0.128. The molecule has 1 N–H and O–H groups in total. The van der Waals surface area contributed by atoms with Gasteiger partial charge in [0.1, 0.15) is 5.76 Å². The van der Waals surface area contributed by atoms with Crippen molar-refractivity contribution in [3.63, 3.8) is 0 Å². The third kappa shape index (κ3) is 4.16. The summed E-state index contributed by atoms with van der Waals surface area (Å²) in [6.45, 7) is 7.94. The number of nitrogens with one attached hydrogen (secondary N) is 1. The van der Waals surface area contributed by atoms with Crippen LogP contribution < -0.4 is 5.32 Å². The number of methoxy groups -OCH3 is 1. The van der Waals surface area contributed by atoms with Crippen LogP contribution in [-0.2, 0) is 11.3 Å². The summed E-state index contributed by atoms with van der Waals surface area (Å²) < 4.78 is 10.7. The molecule has 0 aliphatic rings. The van der Waals surface area contributed by atoms with Crippen LogP contribution in [0.2, 0.25) is 5.22 Å². The average molecular weight is 246 g/mol. The van der Waals surface area contributed by atoms with Crippen LogP contribution in [0, 0.1) is 5.41 Å². The van der Waals surface area contributed by atoms with Crippen molar-refractivity contribution in [3.8, 4) is 0 Å². The lowest BCUT2D eigenvalue weighted by Gasteiger charge is -2.29. The Labute approximate surface area is 102 Å². The van der Waals surface area contributed by atoms with Gasteiger partial charge in [0.05, 0.1) is 12.6 Å². The number of furan rings is 1. The summed E-state index contributed by atoms with van der Waals surface area (Å²) in [7, 11) is 1.74. The fourth-order valence-electron chi connectivity index (χ4n) is 1.52. The molecule has 0 saturated heterocycles. The van der Waals surface area contributed by atoms with E-state index in [0.29, 0.717) is 11.8 Å². The van der Waals surface area contributed by atoms with E-state index in [1.807, 2.05) is 6.07 Å². The molecule has 0 saturated carbocycles. The molecule has 4 heteroatoms. The van der Waals surface area contributed by atoms with Gasteiger partial charge in [-0.1, -0.05) is 20.8 Å². The molecule has 0 radical (unpaired) electrons. The Morgan fingerprint density at radius 2 is 2.12 bits per heavy atom. The Morgan fingerprint density at radius 1 is 1.44 bits per heavy atom. The highest BCUT2D eigenvalue weighted by atomic mass is 35.5. The number of hydrogen-bond acceptors (Lipinski definition) is 3. The van der Waals surface area contributed by atoms with Crippen molar-refractivity contribution in [2.75, 3.05) is 13.7 Å². The predicted molar refractivity (Wildman–Crippen MR) is 65.7 cm³/mol. The predicted octanol–water partition coefficient (Wildman–Crippen LogP) is 3.08. The van der Waals surface area contributed by atoms with Crippen molar-refractivity contribution in [1.82, 2.24) is 5.32 Å². The minimum absolute atomic E-state index is 0.128. The molecule has 1 atom stereocenters. The van der Waals surface area contributed by atoms with E-state index in [9.17, 15) is 0 Å². The van der Waals surface area contributed by atoms with Gasteiger partial charge in [-0.25, -0.2) is 0 Å². The smallest absolute Gasteiger partial charge is 0.193 e. The lowest BCUT2D eigenvalue weighted by molar-refractivity contribution is 0.0171. The second-order valence-electron chi connectivity index (χ2n) is 4.93. The van der Waals surface area contributed by atoms with Gasteiger partial charge in [-0.3, -0.25) is 0 Å². The van der Waals surface area contributed by atoms with Crippen molar-refractivity contribution in [2.45, 2.75) is 33.4 Å². The van der Waals surface area contributed by atoms with Gasteiger partial charge in [0.2, 0.25) is 0 Å². The summed E-state index contributed by atoms with van der Waals surface area (Å²) in [5.41, 5.74) is 0.128. The largest absolute Gasteiger partial charge is 0.448 e. The zero-order valence-corrected chi connectivity index (χ0v) is 11.1. The summed E-state index contributed by atoms with van der Waals surface area (Å²) in [6, 6.07) is 3.62. The SMILES string of the molecule is COC(CNCc1ccc(Cl)o1)C(C)(C)C. The molecule has 0 fully saturated rings. The molecule has 0 aromatic carbocycles. The quantitative estimate of drug-likeness (QED) is 0.866. The Morgan fingerprint density at radius 3 is 2.56 bits per heavy atom. The zero-order chi connectivity index (χ0) is 12.2. The van der Waals surface area contributed by atoms with Gasteiger partial charge in [0.15, 0.2) is 5.22 Å². The topological polar surface area (TPSA) is 34.4 Å². The Hall–Kier alpha value is -0.510. The fraction of sp³-hybridized carbons (Fsp3) is 0.667. The Bertz CT molecular complexity index is 317. The van der Waals surface area contributed by atoms with Crippen LogP contribution in [0.25, 0.3) is 0 Å². The highest BCUT2D eigenvalue weighted by Gasteiger charge is 2.23. The van der Waals surface area contributed by atoms with E-state index >= 15 is 0 Å². The molecular formula is C12H20ClNO2. The van der Waals surface area contributed by atoms with E-state index in [4.69, 9.17) is 20.8 Å². The first-order valence-electron chi connectivity index (χ1n) is 5.41. The van der Waals surface area contributed by atoms with Crippen molar-refractivity contribution in [2.24, 2.45) is 5.41 Å². The lowest BCUT2D eigenvalue weighted by atomic mass is 9.89. The minimum Gasteiger partial charge on any atom is -0.448 e. The Kier molecular flexibility index (Phi) is 4.84. The van der Waals surface area contributed by atoms with Gasteiger partial charge in [0.25, 0.3) is 0 Å². The van der Waals surface area contributed by atoms with Crippen LogP contribution in [0.4, 0.5) is 0 Å². The first-order chi connectivity index (χ1) is 7.43. The van der Waals surface area contributed by atoms with Crippen molar-refractivity contribution >= 4 is 11.6 Å². The summed E-state index contributed by atoms with van der Waals surface area (Å²) >= 11 is 5.68. The molecule has 1 unspecified atom stereocenters. The van der Waals surface area contributed by atoms with E-state index in [2.05, 4.69) is 26.1 Å². The Balaban J connectivity index is 2.34. The van der Waals surface area contributed by atoms with Crippen LogP contribution in [0.3, 0.4) is 0 Å². The highest BCUT2D eigenvalue weighted by Crippen LogP contribution is 2.21. The molecule has 0 aliphatic carbocycles. The highest BCUT2D eigenvalue weighted by molar-refractivity contribution is 6.28. The molecular weight excluding hydrogens is 226 g/mol. The van der Waals surface area contributed by atoms with Crippen molar-refractivity contribution < 1.29 is 9.15 Å². The maximum absolute atomic E-state index is 5.68. The maximum atomic E-state index is 5.68. The molecule has 0 bridgehead atoms. The van der Waals surface area contributed by atoms with E-state index < -0.39 is 0 Å². The van der Waals surface area contributed by atoms with E-state index in [0.717, 1.165) is 12.3 Å². The molecule has 92 valence electrons. The van der Waals surface area contributed by atoms with E-state index in [1.165, 1.54) is 0 Å². The van der Waals surface area contributed by atoms with E-state index in [-0.39, 0.29) is 11.5 Å². The van der Waals surface area contributed by atoms with Gasteiger partial charge >= 0.3 is 0 Å². The van der Waals surface area contributed by atoms with Crippen LogP contribution in [0.5, 0.6) is 0 Å². The number of ether oxygens (including phenoxy) is 1. The van der Waals surface area contributed by atoms with Crippen molar-refractivity contribution in [3.05, 3.63) is 23.1 Å². The summed E-state index contributed by atoms with van der Waals surface area (Å²) in [4.78, 5) is 0. The van der Waals surface area contributed by atoms with Crippen molar-refractivity contribution in [1.29, 1.82) is 0 Å². The number of halogens is 1. The monoisotopic (exact) mass is 245 g/mol. The third-order valence-electron chi connectivity index (χ3n) is 2.51. The average Bonchev–Trinajstić information content (AvgIpc) is 2.57. The molecule has 3 nitrogen and oxygen atoms in total. The van der Waals surface area contributed by atoms with Gasteiger partial charge in [-0.2, -0.15) is 0 Å². The molecule has 1 aromatic rings. The standard InChI is InChI=1S/C12H20ClNO2/c1-12(2,3)10(15-4)8-14-7-9-5-6-11(13)16-9/h5-6,10,14H,7-8H2,1-4H3. The molecule has 0 spiro atoms. The third-order valence-corrected chi connectivity index (χ3v) is 2.71. The summed E-state index contributed by atoms with van der Waals surface area (Å²) in [5, 5.41) is 3.72.